The van der Waals surface area contributed by atoms with E-state index in [-0.39, 0.29) is 30.1 Å². The molecule has 0 bridgehead atoms. The third kappa shape index (κ3) is 5.10. The van der Waals surface area contributed by atoms with Crippen LogP contribution in [0.1, 0.15) is 43.6 Å². The number of rotatable bonds is 7. The zero-order valence-corrected chi connectivity index (χ0v) is 19.8. The van der Waals surface area contributed by atoms with Crippen LogP contribution in [0.2, 0.25) is 0 Å². The quantitative estimate of drug-likeness (QED) is 0.298. The van der Waals surface area contributed by atoms with Crippen molar-refractivity contribution in [3.05, 3.63) is 54.1 Å². The summed E-state index contributed by atoms with van der Waals surface area (Å²) in [5, 5.41) is 19.3. The van der Waals surface area contributed by atoms with Crippen molar-refractivity contribution in [1.82, 2.24) is 5.32 Å². The molecule has 0 saturated heterocycles. The monoisotopic (exact) mass is 483 g/mol. The van der Waals surface area contributed by atoms with Gasteiger partial charge in [0.05, 0.1) is 23.8 Å². The van der Waals surface area contributed by atoms with Crippen molar-refractivity contribution in [2.45, 2.75) is 53.6 Å². The summed E-state index contributed by atoms with van der Waals surface area (Å²) in [6, 6.07) is 17.5. The number of nitrogens with zero attached hydrogens (tertiary/aromatic N) is 1. The number of carbonyl (C=O) groups is 1. The number of nitriles is 1. The Bertz CT molecular complexity index is 1110. The number of nitrogens with one attached hydrogen (secondary N) is 2. The van der Waals surface area contributed by atoms with E-state index in [0.29, 0.717) is 5.90 Å². The lowest BCUT2D eigenvalue weighted by Gasteiger charge is -2.36. The third-order valence-corrected chi connectivity index (χ3v) is 8.16. The molecule has 0 aromatic heterocycles. The van der Waals surface area contributed by atoms with Gasteiger partial charge in [-0.25, -0.2) is 8.78 Å². The Morgan fingerprint density at radius 3 is 2.56 bits per heavy atom. The Labute approximate surface area is 202 Å². The largest absolute Gasteiger partial charge is 0.483 e. The van der Waals surface area contributed by atoms with Crippen molar-refractivity contribution in [1.29, 1.82) is 10.7 Å². The van der Waals surface area contributed by atoms with Crippen LogP contribution in [0.4, 0.5) is 8.78 Å². The van der Waals surface area contributed by atoms with E-state index in [1.54, 1.807) is 11.8 Å². The number of thioether (sulfide) groups is 1. The normalized spacial score (nSPS) is 22.3. The van der Waals surface area contributed by atoms with Crippen molar-refractivity contribution in [2.24, 2.45) is 5.92 Å². The Kier molecular flexibility index (Phi) is 6.94. The van der Waals surface area contributed by atoms with Crippen molar-refractivity contribution in [3.63, 3.8) is 0 Å². The first-order valence-corrected chi connectivity index (χ1v) is 12.1. The van der Waals surface area contributed by atoms with Gasteiger partial charge >= 0.3 is 0 Å². The van der Waals surface area contributed by atoms with Gasteiger partial charge in [-0.1, -0.05) is 36.4 Å². The summed E-state index contributed by atoms with van der Waals surface area (Å²) >= 11 is 1.63. The van der Waals surface area contributed by atoms with Crippen LogP contribution in [0, 0.1) is 22.7 Å². The number of hydrogen-bond donors (Lipinski definition) is 2. The van der Waals surface area contributed by atoms with Crippen molar-refractivity contribution in [2.75, 3.05) is 13.7 Å². The van der Waals surface area contributed by atoms with E-state index in [2.05, 4.69) is 5.32 Å². The van der Waals surface area contributed by atoms with Gasteiger partial charge < -0.3 is 10.1 Å². The van der Waals surface area contributed by atoms with Gasteiger partial charge in [-0.05, 0) is 54.0 Å². The number of amides is 1. The molecule has 2 N–H and O–H groups in total. The third-order valence-electron chi connectivity index (χ3n) is 6.66. The molecule has 178 valence electrons. The van der Waals surface area contributed by atoms with Gasteiger partial charge in [-0.2, -0.15) is 5.26 Å². The van der Waals surface area contributed by atoms with E-state index in [9.17, 15) is 13.6 Å². The molecule has 2 aliphatic rings. The number of carbonyl (C=O) groups excluding carboxylic acids is 1. The molecule has 2 unspecified atom stereocenters. The summed E-state index contributed by atoms with van der Waals surface area (Å²) in [6.07, 6.45) is 1.24. The van der Waals surface area contributed by atoms with Gasteiger partial charge in [0.15, 0.2) is 5.90 Å². The highest BCUT2D eigenvalue weighted by atomic mass is 32.2. The minimum atomic E-state index is -2.90. The Morgan fingerprint density at radius 1 is 1.21 bits per heavy atom. The van der Waals surface area contributed by atoms with E-state index in [4.69, 9.17) is 15.4 Å². The molecule has 5 nitrogen and oxygen atoms in total. The first-order chi connectivity index (χ1) is 16.3. The van der Waals surface area contributed by atoms with Crippen LogP contribution < -0.4 is 5.32 Å². The average Bonchev–Trinajstić information content (AvgIpc) is 3.62. The number of methoxy groups -OCH3 is 1. The standard InChI is InChI=1S/C26H27F2N3O2S/c1-33-24(30)25(12-13-25)34-18-8-6-17(7-9-18)19-4-2-3-5-20(19)21-10-11-26(27,28)16-22(21)23(32)31-15-14-29/h2-9,21-22,30H,10-13,15-16H2,1H3,(H,31,32). The van der Waals surface area contributed by atoms with Gasteiger partial charge in [0.25, 0.3) is 0 Å². The van der Waals surface area contributed by atoms with Crippen LogP contribution in [-0.4, -0.2) is 36.1 Å². The lowest BCUT2D eigenvalue weighted by atomic mass is 9.72. The van der Waals surface area contributed by atoms with Gasteiger partial charge in [-0.15, -0.1) is 11.8 Å². The van der Waals surface area contributed by atoms with Crippen LogP contribution >= 0.6 is 11.8 Å². The fourth-order valence-electron chi connectivity index (χ4n) is 4.73. The Morgan fingerprint density at radius 2 is 1.91 bits per heavy atom. The maximum absolute atomic E-state index is 14.2. The molecule has 2 saturated carbocycles. The Hall–Kier alpha value is -2.92. The predicted molar refractivity (Wildman–Crippen MR) is 128 cm³/mol. The minimum absolute atomic E-state index is 0.198. The lowest BCUT2D eigenvalue weighted by Crippen LogP contribution is -2.41. The molecule has 0 heterocycles. The summed E-state index contributed by atoms with van der Waals surface area (Å²) in [4.78, 5) is 13.7. The molecule has 0 spiro atoms. The molecule has 4 rings (SSSR count). The van der Waals surface area contributed by atoms with Gasteiger partial charge in [0, 0.05) is 17.7 Å². The molecular formula is C26H27F2N3O2S. The molecule has 2 aliphatic carbocycles. The first kappa shape index (κ1) is 24.2. The molecule has 2 aromatic rings. The van der Waals surface area contributed by atoms with Crippen molar-refractivity contribution < 1.29 is 18.3 Å². The van der Waals surface area contributed by atoms with E-state index >= 15 is 0 Å². The van der Waals surface area contributed by atoms with Crippen LogP contribution in [0.25, 0.3) is 11.1 Å². The molecule has 34 heavy (non-hydrogen) atoms. The average molecular weight is 484 g/mol. The zero-order valence-electron chi connectivity index (χ0n) is 18.9. The smallest absolute Gasteiger partial charge is 0.249 e. The van der Waals surface area contributed by atoms with E-state index in [1.807, 2.05) is 54.6 Å². The summed E-state index contributed by atoms with van der Waals surface area (Å²) < 4.78 is 33.4. The zero-order chi connectivity index (χ0) is 24.3. The highest BCUT2D eigenvalue weighted by Crippen LogP contribution is 2.53. The number of ether oxygens (including phenoxy) is 1. The van der Waals surface area contributed by atoms with E-state index in [0.717, 1.165) is 34.4 Å². The molecule has 0 aliphatic heterocycles. The second kappa shape index (κ2) is 9.75. The summed E-state index contributed by atoms with van der Waals surface area (Å²) in [5.74, 6) is -4.36. The van der Waals surface area contributed by atoms with E-state index in [1.165, 1.54) is 7.11 Å². The second-order valence-electron chi connectivity index (χ2n) is 8.93. The van der Waals surface area contributed by atoms with Gasteiger partial charge in [-0.3, -0.25) is 10.2 Å². The number of alkyl halides is 2. The van der Waals surface area contributed by atoms with Crippen molar-refractivity contribution >= 4 is 23.6 Å². The van der Waals surface area contributed by atoms with Crippen LogP contribution in [0.5, 0.6) is 0 Å². The maximum atomic E-state index is 14.2. The summed E-state index contributed by atoms with van der Waals surface area (Å²) in [6.45, 7) is -0.198. The topological polar surface area (TPSA) is 86.0 Å². The molecule has 2 aromatic carbocycles. The molecule has 1 amide bonds. The SMILES string of the molecule is COC(=N)C1(Sc2ccc(-c3ccccc3C3CCC(F)(F)CC3C(=O)NCC#N)cc2)CC1. The fraction of sp³-hybridized carbons (Fsp3) is 0.423. The fourth-order valence-corrected chi connectivity index (χ4v) is 5.93. The molecule has 0 radical (unpaired) electrons. The molecule has 2 fully saturated rings. The lowest BCUT2D eigenvalue weighted by molar-refractivity contribution is -0.133. The van der Waals surface area contributed by atoms with Crippen molar-refractivity contribution in [3.8, 4) is 17.2 Å². The molecule has 2 atom stereocenters. The summed E-state index contributed by atoms with van der Waals surface area (Å²) in [7, 11) is 1.53. The highest BCUT2D eigenvalue weighted by Gasteiger charge is 2.49. The number of halogens is 2. The maximum Gasteiger partial charge on any atom is 0.249 e. The minimum Gasteiger partial charge on any atom is -0.483 e. The highest BCUT2D eigenvalue weighted by molar-refractivity contribution is 8.01. The van der Waals surface area contributed by atoms with Crippen LogP contribution in [0.15, 0.2) is 53.4 Å². The Balaban J connectivity index is 1.60. The number of hydrogen-bond acceptors (Lipinski definition) is 5. The van der Waals surface area contributed by atoms with Gasteiger partial charge in [0.1, 0.15) is 6.54 Å². The molecule has 8 heteroatoms. The summed E-state index contributed by atoms with van der Waals surface area (Å²) in [5.41, 5.74) is 2.73. The number of benzene rings is 2. The van der Waals surface area contributed by atoms with Gasteiger partial charge in [0.2, 0.25) is 11.8 Å². The van der Waals surface area contributed by atoms with E-state index < -0.39 is 24.2 Å². The predicted octanol–water partition coefficient (Wildman–Crippen LogP) is 5.76. The first-order valence-electron chi connectivity index (χ1n) is 11.3. The van der Waals surface area contributed by atoms with Crippen LogP contribution in [-0.2, 0) is 9.53 Å². The van der Waals surface area contributed by atoms with Crippen LogP contribution in [0.3, 0.4) is 0 Å². The molecular weight excluding hydrogens is 456 g/mol. The second-order valence-corrected chi connectivity index (χ2v) is 10.4.